The molecule has 1 aliphatic heterocycles. The van der Waals surface area contributed by atoms with Gasteiger partial charge in [0.15, 0.2) is 11.5 Å². The number of halogens is 1. The number of rotatable bonds is 5. The summed E-state index contributed by atoms with van der Waals surface area (Å²) in [7, 11) is 4.42. The molecule has 8 heteroatoms. The number of esters is 1. The first kappa shape index (κ1) is 20.7. The van der Waals surface area contributed by atoms with E-state index in [1.165, 1.54) is 19.2 Å². The van der Waals surface area contributed by atoms with E-state index in [0.717, 1.165) is 5.56 Å². The Bertz CT molecular complexity index is 1110. The van der Waals surface area contributed by atoms with E-state index in [2.05, 4.69) is 4.90 Å². The second-order valence-corrected chi connectivity index (χ2v) is 7.07. The van der Waals surface area contributed by atoms with E-state index in [4.69, 9.17) is 23.4 Å². The Morgan fingerprint density at radius 3 is 2.39 bits per heavy atom. The molecule has 0 atom stereocenters. The van der Waals surface area contributed by atoms with Crippen LogP contribution in [0.25, 0.3) is 0 Å². The van der Waals surface area contributed by atoms with Gasteiger partial charge in [-0.2, -0.15) is 0 Å². The number of carbonyl (C=O) groups excluding carboxylic acids is 1. The molecule has 31 heavy (non-hydrogen) atoms. The van der Waals surface area contributed by atoms with Gasteiger partial charge in [-0.15, -0.1) is 0 Å². The van der Waals surface area contributed by atoms with E-state index < -0.39 is 5.97 Å². The van der Waals surface area contributed by atoms with Crippen molar-refractivity contribution in [3.8, 4) is 23.0 Å². The summed E-state index contributed by atoms with van der Waals surface area (Å²) in [6.45, 7) is 1.27. The molecular weight excluding hydrogens is 405 g/mol. The molecule has 0 unspecified atom stereocenters. The van der Waals surface area contributed by atoms with Crippen LogP contribution in [0, 0.1) is 5.82 Å². The van der Waals surface area contributed by atoms with Gasteiger partial charge in [0.25, 0.3) is 0 Å². The average molecular weight is 427 g/mol. The zero-order valence-corrected chi connectivity index (χ0v) is 17.4. The lowest BCUT2D eigenvalue weighted by atomic mass is 10.1. The fourth-order valence-corrected chi connectivity index (χ4v) is 3.55. The van der Waals surface area contributed by atoms with Crippen LogP contribution in [-0.4, -0.2) is 32.2 Å². The third-order valence-corrected chi connectivity index (χ3v) is 5.02. The van der Waals surface area contributed by atoms with E-state index in [0.29, 0.717) is 54.0 Å². The highest BCUT2D eigenvalue weighted by Gasteiger charge is 2.23. The zero-order chi connectivity index (χ0) is 22.0. The summed E-state index contributed by atoms with van der Waals surface area (Å²) in [5.41, 5.74) is 1.56. The van der Waals surface area contributed by atoms with E-state index in [1.54, 1.807) is 38.5 Å². The van der Waals surface area contributed by atoms with E-state index in [1.807, 2.05) is 6.07 Å². The number of hydrogen-bond acceptors (Lipinski definition) is 7. The molecule has 0 bridgehead atoms. The van der Waals surface area contributed by atoms with Gasteiger partial charge in [-0.25, -0.2) is 9.18 Å². The monoisotopic (exact) mass is 427 g/mol. The van der Waals surface area contributed by atoms with Gasteiger partial charge in [0, 0.05) is 30.3 Å². The van der Waals surface area contributed by atoms with Crippen molar-refractivity contribution in [1.29, 1.82) is 0 Å². The molecule has 2 heterocycles. The van der Waals surface area contributed by atoms with Gasteiger partial charge in [0.2, 0.25) is 5.76 Å². The molecule has 0 N–H and O–H groups in total. The predicted octanol–water partition coefficient (Wildman–Crippen LogP) is 4.53. The van der Waals surface area contributed by atoms with E-state index in [-0.39, 0.29) is 11.6 Å². The number of hydrogen-bond donors (Lipinski definition) is 0. The second-order valence-electron chi connectivity index (χ2n) is 7.07. The van der Waals surface area contributed by atoms with Crippen LogP contribution in [0.2, 0.25) is 0 Å². The molecule has 0 fully saturated rings. The minimum atomic E-state index is -0.540. The van der Waals surface area contributed by atoms with Crippen LogP contribution in [0.15, 0.2) is 46.9 Å². The SMILES string of the molecule is COC(=O)c1ccc(CN2Cc3cc(F)ccc3Oc3cc(OC)c(OC)cc3C2)o1. The Hall–Kier alpha value is -3.52. The van der Waals surface area contributed by atoms with Crippen molar-refractivity contribution >= 4 is 5.97 Å². The van der Waals surface area contributed by atoms with Gasteiger partial charge in [0.05, 0.1) is 27.9 Å². The normalized spacial score (nSPS) is 13.3. The Kier molecular flexibility index (Phi) is 5.81. The molecular formula is C23H22FNO6. The van der Waals surface area contributed by atoms with Gasteiger partial charge in [-0.3, -0.25) is 4.90 Å². The van der Waals surface area contributed by atoms with Crippen LogP contribution in [0.5, 0.6) is 23.0 Å². The van der Waals surface area contributed by atoms with Crippen molar-refractivity contribution in [2.75, 3.05) is 21.3 Å². The second kappa shape index (κ2) is 8.69. The summed E-state index contributed by atoms with van der Waals surface area (Å²) in [5.74, 6) is 2.08. The molecule has 4 rings (SSSR count). The fraction of sp³-hybridized carbons (Fsp3) is 0.261. The first-order chi connectivity index (χ1) is 15.0. The van der Waals surface area contributed by atoms with Crippen LogP contribution < -0.4 is 14.2 Å². The Morgan fingerprint density at radius 1 is 0.968 bits per heavy atom. The zero-order valence-electron chi connectivity index (χ0n) is 17.4. The number of fused-ring (bicyclic) bond motifs is 2. The average Bonchev–Trinajstić information content (AvgIpc) is 3.22. The van der Waals surface area contributed by atoms with Crippen molar-refractivity contribution in [3.05, 3.63) is 70.9 Å². The predicted molar refractivity (Wildman–Crippen MR) is 109 cm³/mol. The van der Waals surface area contributed by atoms with Crippen molar-refractivity contribution < 1.29 is 32.5 Å². The lowest BCUT2D eigenvalue weighted by Crippen LogP contribution is -2.24. The standard InChI is InChI=1S/C23H22FNO6/c1-27-21-9-15-12-25(13-17-5-7-19(30-17)23(26)29-3)11-14-8-16(24)4-6-18(14)31-20(15)10-22(21)28-2/h4-10H,11-13H2,1-3H3. The topological polar surface area (TPSA) is 70.4 Å². The summed E-state index contributed by atoms with van der Waals surface area (Å²) < 4.78 is 41.2. The number of ether oxygens (including phenoxy) is 4. The van der Waals surface area contributed by atoms with Crippen molar-refractivity contribution in [3.63, 3.8) is 0 Å². The fourth-order valence-electron chi connectivity index (χ4n) is 3.55. The maximum absolute atomic E-state index is 13.9. The molecule has 1 aliphatic rings. The Labute approximate surface area is 178 Å². The molecule has 0 saturated carbocycles. The largest absolute Gasteiger partial charge is 0.493 e. The highest BCUT2D eigenvalue weighted by Crippen LogP contribution is 2.40. The summed E-state index contributed by atoms with van der Waals surface area (Å²) in [5, 5.41) is 0. The third kappa shape index (κ3) is 4.34. The number of benzene rings is 2. The first-order valence-electron chi connectivity index (χ1n) is 9.61. The van der Waals surface area contributed by atoms with Gasteiger partial charge in [-0.05, 0) is 36.4 Å². The molecule has 0 amide bonds. The van der Waals surface area contributed by atoms with Crippen LogP contribution in [0.1, 0.15) is 27.4 Å². The first-order valence-corrected chi connectivity index (χ1v) is 9.61. The molecule has 0 spiro atoms. The van der Waals surface area contributed by atoms with E-state index in [9.17, 15) is 9.18 Å². The molecule has 0 saturated heterocycles. The Morgan fingerprint density at radius 2 is 1.68 bits per heavy atom. The van der Waals surface area contributed by atoms with Gasteiger partial charge in [-0.1, -0.05) is 0 Å². The lowest BCUT2D eigenvalue weighted by Gasteiger charge is -2.27. The molecule has 7 nitrogen and oxygen atoms in total. The van der Waals surface area contributed by atoms with Gasteiger partial charge in [0.1, 0.15) is 23.1 Å². The van der Waals surface area contributed by atoms with Gasteiger partial charge >= 0.3 is 5.97 Å². The van der Waals surface area contributed by atoms with Crippen molar-refractivity contribution in [2.24, 2.45) is 0 Å². The number of carbonyl (C=O) groups is 1. The van der Waals surface area contributed by atoms with Crippen LogP contribution in [0.3, 0.4) is 0 Å². The quantitative estimate of drug-likeness (QED) is 0.554. The molecule has 0 aliphatic carbocycles. The van der Waals surface area contributed by atoms with Crippen LogP contribution in [-0.2, 0) is 24.4 Å². The third-order valence-electron chi connectivity index (χ3n) is 5.02. The number of furan rings is 1. The summed E-state index contributed by atoms with van der Waals surface area (Å²) in [6, 6.07) is 11.3. The molecule has 2 aromatic carbocycles. The summed E-state index contributed by atoms with van der Waals surface area (Å²) in [4.78, 5) is 13.8. The highest BCUT2D eigenvalue weighted by molar-refractivity contribution is 5.86. The number of methoxy groups -OCH3 is 3. The number of nitrogens with zero attached hydrogens (tertiary/aromatic N) is 1. The molecule has 1 aromatic heterocycles. The molecule has 3 aromatic rings. The Balaban J connectivity index is 1.72. The maximum Gasteiger partial charge on any atom is 0.373 e. The van der Waals surface area contributed by atoms with Crippen molar-refractivity contribution in [2.45, 2.75) is 19.6 Å². The highest BCUT2D eigenvalue weighted by atomic mass is 19.1. The molecule has 162 valence electrons. The minimum absolute atomic E-state index is 0.131. The maximum atomic E-state index is 13.9. The van der Waals surface area contributed by atoms with E-state index >= 15 is 0 Å². The smallest absolute Gasteiger partial charge is 0.373 e. The lowest BCUT2D eigenvalue weighted by molar-refractivity contribution is 0.0560. The molecule has 0 radical (unpaired) electrons. The van der Waals surface area contributed by atoms with Crippen molar-refractivity contribution in [1.82, 2.24) is 4.90 Å². The summed E-state index contributed by atoms with van der Waals surface area (Å²) in [6.07, 6.45) is 0. The van der Waals surface area contributed by atoms with Gasteiger partial charge < -0.3 is 23.4 Å². The minimum Gasteiger partial charge on any atom is -0.493 e. The van der Waals surface area contributed by atoms with Crippen LogP contribution >= 0.6 is 0 Å². The van der Waals surface area contributed by atoms with Crippen LogP contribution in [0.4, 0.5) is 4.39 Å². The summed E-state index contributed by atoms with van der Waals surface area (Å²) >= 11 is 0.